The lowest BCUT2D eigenvalue weighted by molar-refractivity contribution is 0.475. The maximum atomic E-state index is 12.6. The van der Waals surface area contributed by atoms with E-state index in [1.54, 1.807) is 6.07 Å². The smallest absolute Gasteiger partial charge is 0.159 e. The Kier molecular flexibility index (Phi) is 2.51. The van der Waals surface area contributed by atoms with Crippen molar-refractivity contribution < 1.29 is 9.50 Å². The van der Waals surface area contributed by atoms with Crippen LogP contribution >= 0.6 is 11.6 Å². The third-order valence-corrected chi connectivity index (χ3v) is 2.13. The molecule has 2 aromatic rings. The van der Waals surface area contributed by atoms with Crippen molar-refractivity contribution in [3.8, 4) is 17.1 Å². The first-order valence-electron chi connectivity index (χ1n) is 4.13. The second kappa shape index (κ2) is 3.82. The van der Waals surface area contributed by atoms with Crippen molar-refractivity contribution in [1.29, 1.82) is 0 Å². The van der Waals surface area contributed by atoms with Gasteiger partial charge in [0.15, 0.2) is 11.6 Å². The van der Waals surface area contributed by atoms with E-state index in [0.717, 1.165) is 12.4 Å². The SMILES string of the molecule is Oc1ccc(-c2ncc(F)cn2)cc1Cl. The average molecular weight is 225 g/mol. The Bertz CT molecular complexity index is 487. The summed E-state index contributed by atoms with van der Waals surface area (Å²) in [6.45, 7) is 0. The predicted octanol–water partition coefficient (Wildman–Crippen LogP) is 2.64. The van der Waals surface area contributed by atoms with Crippen LogP contribution in [0.1, 0.15) is 0 Å². The highest BCUT2D eigenvalue weighted by molar-refractivity contribution is 6.32. The fourth-order valence-corrected chi connectivity index (χ4v) is 1.29. The van der Waals surface area contributed by atoms with Crippen LogP contribution in [0.5, 0.6) is 5.75 Å². The van der Waals surface area contributed by atoms with Gasteiger partial charge in [-0.1, -0.05) is 11.6 Å². The fraction of sp³-hybridized carbons (Fsp3) is 0. The fourth-order valence-electron chi connectivity index (χ4n) is 1.11. The second-order valence-corrected chi connectivity index (χ2v) is 3.30. The zero-order valence-corrected chi connectivity index (χ0v) is 8.24. The summed E-state index contributed by atoms with van der Waals surface area (Å²) in [5.41, 5.74) is 0.623. The number of phenolic OH excluding ortho intramolecular Hbond substituents is 1. The van der Waals surface area contributed by atoms with E-state index in [1.165, 1.54) is 12.1 Å². The van der Waals surface area contributed by atoms with E-state index in [4.69, 9.17) is 11.6 Å². The van der Waals surface area contributed by atoms with Gasteiger partial charge in [-0.05, 0) is 18.2 Å². The van der Waals surface area contributed by atoms with E-state index in [-0.39, 0.29) is 10.8 Å². The Hall–Kier alpha value is -1.68. The summed E-state index contributed by atoms with van der Waals surface area (Å²) < 4.78 is 12.6. The molecule has 0 saturated carbocycles. The van der Waals surface area contributed by atoms with E-state index in [2.05, 4.69) is 9.97 Å². The van der Waals surface area contributed by atoms with Crippen molar-refractivity contribution in [3.63, 3.8) is 0 Å². The first-order chi connectivity index (χ1) is 7.16. The molecule has 0 aliphatic carbocycles. The number of aromatic nitrogens is 2. The summed E-state index contributed by atoms with van der Waals surface area (Å²) in [5.74, 6) is -0.149. The topological polar surface area (TPSA) is 46.0 Å². The van der Waals surface area contributed by atoms with Gasteiger partial charge in [0.25, 0.3) is 0 Å². The molecule has 0 saturated heterocycles. The van der Waals surface area contributed by atoms with Crippen LogP contribution in [-0.2, 0) is 0 Å². The highest BCUT2D eigenvalue weighted by Gasteiger charge is 2.04. The van der Waals surface area contributed by atoms with Gasteiger partial charge in [-0.2, -0.15) is 0 Å². The minimum absolute atomic E-state index is 0.0115. The van der Waals surface area contributed by atoms with Crippen LogP contribution in [0.4, 0.5) is 4.39 Å². The Morgan fingerprint density at radius 2 is 1.87 bits per heavy atom. The van der Waals surface area contributed by atoms with Crippen molar-refractivity contribution >= 4 is 11.6 Å². The number of rotatable bonds is 1. The van der Waals surface area contributed by atoms with Crippen LogP contribution in [0.25, 0.3) is 11.4 Å². The number of nitrogens with zero attached hydrogens (tertiary/aromatic N) is 2. The summed E-state index contributed by atoms with van der Waals surface area (Å²) >= 11 is 5.72. The molecule has 3 nitrogen and oxygen atoms in total. The molecule has 0 aliphatic heterocycles. The zero-order valence-electron chi connectivity index (χ0n) is 7.48. The quantitative estimate of drug-likeness (QED) is 0.810. The highest BCUT2D eigenvalue weighted by atomic mass is 35.5. The van der Waals surface area contributed by atoms with Crippen molar-refractivity contribution in [2.75, 3.05) is 0 Å². The number of hydrogen-bond acceptors (Lipinski definition) is 3. The molecular weight excluding hydrogens is 219 g/mol. The van der Waals surface area contributed by atoms with E-state index in [0.29, 0.717) is 11.4 Å². The predicted molar refractivity (Wildman–Crippen MR) is 54.1 cm³/mol. The third-order valence-electron chi connectivity index (χ3n) is 1.83. The van der Waals surface area contributed by atoms with Crippen molar-refractivity contribution in [2.45, 2.75) is 0 Å². The Morgan fingerprint density at radius 1 is 1.20 bits per heavy atom. The molecule has 0 spiro atoms. The summed E-state index contributed by atoms with van der Waals surface area (Å²) in [5, 5.41) is 9.41. The van der Waals surface area contributed by atoms with Gasteiger partial charge in [0.05, 0.1) is 17.4 Å². The van der Waals surface area contributed by atoms with E-state index in [9.17, 15) is 9.50 Å². The normalized spacial score (nSPS) is 10.3. The highest BCUT2D eigenvalue weighted by Crippen LogP contribution is 2.27. The Balaban J connectivity index is 2.45. The summed E-state index contributed by atoms with van der Waals surface area (Å²) in [6, 6.07) is 4.56. The van der Waals surface area contributed by atoms with Crippen LogP contribution < -0.4 is 0 Å². The molecular formula is C10H6ClFN2O. The molecule has 1 aromatic heterocycles. The van der Waals surface area contributed by atoms with Crippen LogP contribution in [0, 0.1) is 5.82 Å². The van der Waals surface area contributed by atoms with Crippen LogP contribution in [0.2, 0.25) is 5.02 Å². The van der Waals surface area contributed by atoms with Gasteiger partial charge < -0.3 is 5.11 Å². The maximum Gasteiger partial charge on any atom is 0.159 e. The first kappa shape index (κ1) is 9.86. The van der Waals surface area contributed by atoms with Crippen molar-refractivity contribution in [2.24, 2.45) is 0 Å². The van der Waals surface area contributed by atoms with Crippen molar-refractivity contribution in [1.82, 2.24) is 9.97 Å². The number of halogens is 2. The van der Waals surface area contributed by atoms with Crippen LogP contribution in [0.15, 0.2) is 30.6 Å². The lowest BCUT2D eigenvalue weighted by Gasteiger charge is -2.01. The van der Waals surface area contributed by atoms with Gasteiger partial charge in [0.1, 0.15) is 5.75 Å². The van der Waals surface area contributed by atoms with E-state index in [1.807, 2.05) is 0 Å². The Labute approximate surface area is 90.2 Å². The van der Waals surface area contributed by atoms with Gasteiger partial charge in [0.2, 0.25) is 0 Å². The monoisotopic (exact) mass is 224 g/mol. The molecule has 1 heterocycles. The minimum atomic E-state index is -0.497. The number of hydrogen-bond donors (Lipinski definition) is 1. The molecule has 0 bridgehead atoms. The van der Waals surface area contributed by atoms with Gasteiger partial charge in [-0.25, -0.2) is 14.4 Å². The molecule has 0 radical (unpaired) electrons. The van der Waals surface area contributed by atoms with Gasteiger partial charge in [-0.3, -0.25) is 0 Å². The lowest BCUT2D eigenvalue weighted by atomic mass is 10.2. The van der Waals surface area contributed by atoms with E-state index >= 15 is 0 Å². The molecule has 0 aliphatic rings. The van der Waals surface area contributed by atoms with E-state index < -0.39 is 5.82 Å². The maximum absolute atomic E-state index is 12.6. The van der Waals surface area contributed by atoms with Gasteiger partial charge in [0, 0.05) is 5.56 Å². The molecule has 76 valence electrons. The van der Waals surface area contributed by atoms with Gasteiger partial charge in [-0.15, -0.1) is 0 Å². The molecule has 0 amide bonds. The largest absolute Gasteiger partial charge is 0.506 e. The average Bonchev–Trinajstić information content (AvgIpc) is 2.23. The molecule has 5 heteroatoms. The molecule has 1 N–H and O–H groups in total. The lowest BCUT2D eigenvalue weighted by Crippen LogP contribution is -1.89. The molecule has 0 unspecified atom stereocenters. The standard InChI is InChI=1S/C10H6ClFN2O/c11-8-3-6(1-2-9(8)15)10-13-4-7(12)5-14-10/h1-5,15H. The Morgan fingerprint density at radius 3 is 2.47 bits per heavy atom. The number of phenols is 1. The molecule has 1 aromatic carbocycles. The first-order valence-corrected chi connectivity index (χ1v) is 4.51. The number of aromatic hydroxyl groups is 1. The molecule has 0 atom stereocenters. The number of benzene rings is 1. The van der Waals surface area contributed by atoms with Crippen LogP contribution in [0.3, 0.4) is 0 Å². The molecule has 15 heavy (non-hydrogen) atoms. The third kappa shape index (κ3) is 2.05. The summed E-state index contributed by atoms with van der Waals surface area (Å²) in [7, 11) is 0. The summed E-state index contributed by atoms with van der Waals surface area (Å²) in [4.78, 5) is 7.59. The molecule has 0 fully saturated rings. The molecule has 2 rings (SSSR count). The summed E-state index contributed by atoms with van der Waals surface area (Å²) in [6.07, 6.45) is 2.15. The second-order valence-electron chi connectivity index (χ2n) is 2.89. The van der Waals surface area contributed by atoms with Crippen molar-refractivity contribution in [3.05, 3.63) is 41.4 Å². The minimum Gasteiger partial charge on any atom is -0.506 e. The van der Waals surface area contributed by atoms with Crippen LogP contribution in [-0.4, -0.2) is 15.1 Å². The zero-order chi connectivity index (χ0) is 10.8. The van der Waals surface area contributed by atoms with Gasteiger partial charge >= 0.3 is 0 Å².